The Morgan fingerprint density at radius 1 is 1.73 bits per heavy atom. The largest absolute Gasteiger partial charge is 0.480 e. The van der Waals surface area contributed by atoms with E-state index in [-0.39, 0.29) is 17.1 Å². The number of nitrogens with one attached hydrogen (secondary N) is 1. The molecule has 82 valence electrons. The van der Waals surface area contributed by atoms with Crippen molar-refractivity contribution in [3.05, 3.63) is 12.2 Å². The molecule has 1 unspecified atom stereocenters. The molecule has 0 aromatic carbocycles. The van der Waals surface area contributed by atoms with Gasteiger partial charge in [-0.2, -0.15) is 0 Å². The molecule has 0 fully saturated rings. The van der Waals surface area contributed by atoms with E-state index in [0.29, 0.717) is 12.2 Å². The quantitative estimate of drug-likeness (QED) is 0.331. The number of carbonyl (C=O) groups excluding carboxylic acids is 1. The summed E-state index contributed by atoms with van der Waals surface area (Å²) in [5.74, 6) is 0.163. The van der Waals surface area contributed by atoms with Gasteiger partial charge in [-0.15, -0.1) is 0 Å². The number of nitrogens with zero attached hydrogens (tertiary/aromatic N) is 1. The fourth-order valence-electron chi connectivity index (χ4n) is 1.56. The summed E-state index contributed by atoms with van der Waals surface area (Å²) in [5.41, 5.74) is -0.320. The molecule has 0 amide bonds. The molecule has 1 rings (SSSR count). The van der Waals surface area contributed by atoms with Gasteiger partial charge < -0.3 is 4.74 Å². The highest BCUT2D eigenvalue weighted by molar-refractivity contribution is 6.59. The molecule has 0 saturated heterocycles. The molecule has 1 aliphatic rings. The minimum absolute atomic E-state index is 0.0680. The fraction of sp³-hybridized carbons (Fsp3) is 0.545. The Kier molecular flexibility index (Phi) is 3.39. The first-order valence-corrected chi connectivity index (χ1v) is 4.89. The van der Waals surface area contributed by atoms with Gasteiger partial charge in [0.2, 0.25) is 5.90 Å². The molecule has 1 N–H and O–H groups in total. The SMILES string of the molecule is COC(=N)/C(C=O)=N\C1(C)C=CC[C@@H]1C. The van der Waals surface area contributed by atoms with Crippen LogP contribution in [0.5, 0.6) is 0 Å². The number of aliphatic imine (C=N–C) groups is 1. The molecule has 0 saturated carbocycles. The van der Waals surface area contributed by atoms with Gasteiger partial charge >= 0.3 is 0 Å². The van der Waals surface area contributed by atoms with Crippen LogP contribution in [0.2, 0.25) is 0 Å². The van der Waals surface area contributed by atoms with Crippen molar-refractivity contribution >= 4 is 17.9 Å². The van der Waals surface area contributed by atoms with E-state index < -0.39 is 0 Å². The van der Waals surface area contributed by atoms with E-state index in [4.69, 9.17) is 10.1 Å². The zero-order valence-electron chi connectivity index (χ0n) is 9.28. The molecule has 4 nitrogen and oxygen atoms in total. The third-order valence-corrected chi connectivity index (χ3v) is 2.85. The van der Waals surface area contributed by atoms with Crippen molar-refractivity contribution in [2.24, 2.45) is 10.9 Å². The van der Waals surface area contributed by atoms with E-state index in [1.165, 1.54) is 7.11 Å². The van der Waals surface area contributed by atoms with Gasteiger partial charge in [0.05, 0.1) is 12.6 Å². The maximum absolute atomic E-state index is 10.8. The van der Waals surface area contributed by atoms with Gasteiger partial charge in [-0.25, -0.2) is 0 Å². The van der Waals surface area contributed by atoms with Gasteiger partial charge in [0.15, 0.2) is 12.0 Å². The Morgan fingerprint density at radius 2 is 2.40 bits per heavy atom. The summed E-state index contributed by atoms with van der Waals surface area (Å²) >= 11 is 0. The van der Waals surface area contributed by atoms with E-state index in [1.54, 1.807) is 0 Å². The summed E-state index contributed by atoms with van der Waals surface area (Å²) in [5, 5.41) is 7.40. The molecule has 4 heteroatoms. The number of hydrogen-bond acceptors (Lipinski definition) is 4. The standard InChI is InChI=1S/C11H16N2O2/c1-8-5-4-6-11(8,2)13-9(7-14)10(12)15-3/h4,6-8,12H,5H2,1-3H3/b12-10?,13-9-/t8-,11?/m0/s1. The van der Waals surface area contributed by atoms with Gasteiger partial charge in [0.1, 0.15) is 0 Å². The lowest BCUT2D eigenvalue weighted by Gasteiger charge is -2.23. The second-order valence-corrected chi connectivity index (χ2v) is 3.91. The number of aldehydes is 1. The highest BCUT2D eigenvalue weighted by Crippen LogP contribution is 2.32. The molecule has 0 spiro atoms. The van der Waals surface area contributed by atoms with Crippen molar-refractivity contribution in [2.75, 3.05) is 7.11 Å². The van der Waals surface area contributed by atoms with E-state index >= 15 is 0 Å². The van der Waals surface area contributed by atoms with Gasteiger partial charge in [0.25, 0.3) is 0 Å². The predicted octanol–water partition coefficient (Wildman–Crippen LogP) is 1.60. The monoisotopic (exact) mass is 208 g/mol. The van der Waals surface area contributed by atoms with Crippen LogP contribution in [-0.2, 0) is 9.53 Å². The molecular formula is C11H16N2O2. The van der Waals surface area contributed by atoms with Crippen LogP contribution in [0.4, 0.5) is 0 Å². The first kappa shape index (κ1) is 11.6. The summed E-state index contributed by atoms with van der Waals surface area (Å²) in [4.78, 5) is 15.1. The lowest BCUT2D eigenvalue weighted by molar-refractivity contribution is -0.102. The smallest absolute Gasteiger partial charge is 0.235 e. The van der Waals surface area contributed by atoms with Crippen molar-refractivity contribution in [1.82, 2.24) is 0 Å². The minimum atomic E-state index is -0.388. The molecule has 0 aromatic rings. The average molecular weight is 208 g/mol. The predicted molar refractivity (Wildman–Crippen MR) is 59.6 cm³/mol. The highest BCUT2D eigenvalue weighted by atomic mass is 16.5. The first-order valence-electron chi connectivity index (χ1n) is 4.89. The Bertz CT molecular complexity index is 333. The Morgan fingerprint density at radius 3 is 2.80 bits per heavy atom. The first-order chi connectivity index (χ1) is 7.03. The fourth-order valence-corrected chi connectivity index (χ4v) is 1.56. The molecule has 0 bridgehead atoms. The summed E-state index contributed by atoms with van der Waals surface area (Å²) in [6.07, 6.45) is 5.54. The van der Waals surface area contributed by atoms with E-state index in [2.05, 4.69) is 11.9 Å². The molecule has 0 heterocycles. The number of ether oxygens (including phenoxy) is 1. The number of rotatable bonds is 3. The van der Waals surface area contributed by atoms with Crippen LogP contribution in [0.3, 0.4) is 0 Å². The number of allylic oxidation sites excluding steroid dienone is 1. The second kappa shape index (κ2) is 4.38. The lowest BCUT2D eigenvalue weighted by Crippen LogP contribution is -2.29. The Labute approximate surface area is 89.5 Å². The molecule has 0 radical (unpaired) electrons. The summed E-state index contributed by atoms with van der Waals surface area (Å²) in [7, 11) is 1.36. The lowest BCUT2D eigenvalue weighted by atomic mass is 9.91. The Balaban J connectivity index is 2.97. The zero-order chi connectivity index (χ0) is 11.5. The summed E-state index contributed by atoms with van der Waals surface area (Å²) in [6, 6.07) is 0. The number of hydrogen-bond donors (Lipinski definition) is 1. The van der Waals surface area contributed by atoms with Crippen LogP contribution in [0, 0.1) is 11.3 Å². The van der Waals surface area contributed by atoms with Crippen LogP contribution >= 0.6 is 0 Å². The maximum atomic E-state index is 10.8. The Hall–Kier alpha value is -1.45. The van der Waals surface area contributed by atoms with Crippen LogP contribution in [0.15, 0.2) is 17.1 Å². The summed E-state index contributed by atoms with van der Waals surface area (Å²) in [6.45, 7) is 4.02. The van der Waals surface area contributed by atoms with Crippen molar-refractivity contribution in [2.45, 2.75) is 25.8 Å². The van der Waals surface area contributed by atoms with Crippen molar-refractivity contribution in [3.63, 3.8) is 0 Å². The minimum Gasteiger partial charge on any atom is -0.480 e. The van der Waals surface area contributed by atoms with Crippen LogP contribution in [-0.4, -0.2) is 30.5 Å². The van der Waals surface area contributed by atoms with E-state index in [1.807, 2.05) is 19.1 Å². The van der Waals surface area contributed by atoms with Crippen LogP contribution in [0.1, 0.15) is 20.3 Å². The van der Waals surface area contributed by atoms with Crippen molar-refractivity contribution < 1.29 is 9.53 Å². The van der Waals surface area contributed by atoms with E-state index in [0.717, 1.165) is 6.42 Å². The molecular weight excluding hydrogens is 192 g/mol. The molecule has 2 atom stereocenters. The molecule has 0 aromatic heterocycles. The number of carbonyl (C=O) groups is 1. The van der Waals surface area contributed by atoms with E-state index in [9.17, 15) is 4.79 Å². The summed E-state index contributed by atoms with van der Waals surface area (Å²) < 4.78 is 4.69. The maximum Gasteiger partial charge on any atom is 0.235 e. The highest BCUT2D eigenvalue weighted by Gasteiger charge is 2.32. The third kappa shape index (κ3) is 2.32. The topological polar surface area (TPSA) is 62.5 Å². The van der Waals surface area contributed by atoms with Gasteiger partial charge in [-0.05, 0) is 19.3 Å². The normalized spacial score (nSPS) is 30.3. The molecule has 1 aliphatic carbocycles. The van der Waals surface area contributed by atoms with Crippen LogP contribution in [0.25, 0.3) is 0 Å². The molecule has 0 aliphatic heterocycles. The van der Waals surface area contributed by atoms with Crippen molar-refractivity contribution in [3.8, 4) is 0 Å². The number of methoxy groups -OCH3 is 1. The van der Waals surface area contributed by atoms with Gasteiger partial charge in [-0.1, -0.05) is 19.1 Å². The average Bonchev–Trinajstić information content (AvgIpc) is 2.55. The van der Waals surface area contributed by atoms with Crippen molar-refractivity contribution in [1.29, 1.82) is 5.41 Å². The van der Waals surface area contributed by atoms with Crippen LogP contribution < -0.4 is 0 Å². The third-order valence-electron chi connectivity index (χ3n) is 2.85. The molecule has 15 heavy (non-hydrogen) atoms. The van der Waals surface area contributed by atoms with Gasteiger partial charge in [0, 0.05) is 0 Å². The zero-order valence-corrected chi connectivity index (χ0v) is 9.28. The van der Waals surface area contributed by atoms with Gasteiger partial charge in [-0.3, -0.25) is 15.2 Å². The second-order valence-electron chi connectivity index (χ2n) is 3.91.